The van der Waals surface area contributed by atoms with Crippen molar-refractivity contribution in [2.75, 3.05) is 4.90 Å². The Balaban J connectivity index is 0.980. The molecule has 8 rings (SSSR count). The van der Waals surface area contributed by atoms with E-state index in [0.29, 0.717) is 9.75 Å². The van der Waals surface area contributed by atoms with E-state index in [1.165, 1.54) is 70.3 Å². The number of nitrogens with zero attached hydrogens (tertiary/aromatic N) is 3. The summed E-state index contributed by atoms with van der Waals surface area (Å²) in [7, 11) is 0. The summed E-state index contributed by atoms with van der Waals surface area (Å²) in [4.78, 5) is 30.9. The first-order valence-electron chi connectivity index (χ1n) is 23.5. The highest BCUT2D eigenvalue weighted by atomic mass is 32.1. The number of nitriles is 2. The van der Waals surface area contributed by atoms with E-state index >= 15 is 0 Å². The van der Waals surface area contributed by atoms with Crippen LogP contribution in [0.3, 0.4) is 0 Å². The van der Waals surface area contributed by atoms with Gasteiger partial charge in [0.15, 0.2) is 0 Å². The molecule has 8 aromatic rings. The fourth-order valence-electron chi connectivity index (χ4n) is 7.81. The van der Waals surface area contributed by atoms with Gasteiger partial charge in [-0.1, -0.05) is 141 Å². The Morgan fingerprint density at radius 1 is 0.458 bits per heavy atom. The number of aryl methyl sites for hydroxylation is 1. The van der Waals surface area contributed by atoms with Gasteiger partial charge in [0.2, 0.25) is 0 Å². The molecule has 7 nitrogen and oxygen atoms in total. The molecule has 10 heteroatoms. The van der Waals surface area contributed by atoms with Gasteiger partial charge in [0, 0.05) is 46.3 Å². The predicted octanol–water partition coefficient (Wildman–Crippen LogP) is 17.3. The topological polar surface area (TPSA) is 125 Å². The Kier molecular flexibility index (Phi) is 17.0. The van der Waals surface area contributed by atoms with Gasteiger partial charge in [0.05, 0.1) is 0 Å². The van der Waals surface area contributed by atoms with Crippen molar-refractivity contribution in [2.24, 2.45) is 0 Å². The van der Waals surface area contributed by atoms with Crippen LogP contribution >= 0.6 is 34.0 Å². The molecule has 0 fully saturated rings. The maximum absolute atomic E-state index is 11.3. The summed E-state index contributed by atoms with van der Waals surface area (Å²) in [5.74, 6) is -2.47. The van der Waals surface area contributed by atoms with Gasteiger partial charge in [-0.3, -0.25) is 0 Å². The number of hydrogen-bond donors (Lipinski definition) is 2. The van der Waals surface area contributed by atoms with E-state index in [-0.39, 0.29) is 11.1 Å². The van der Waals surface area contributed by atoms with Crippen LogP contribution in [0.2, 0.25) is 0 Å². The first-order valence-corrected chi connectivity index (χ1v) is 25.9. The fourth-order valence-corrected chi connectivity index (χ4v) is 10.7. The minimum atomic E-state index is -1.24. The molecule has 0 amide bonds. The Hall–Kier alpha value is -8.38. The summed E-state index contributed by atoms with van der Waals surface area (Å²) in [6.45, 7) is 2.25. The Labute approximate surface area is 432 Å². The average Bonchev–Trinajstić information content (AvgIpc) is 4.20. The van der Waals surface area contributed by atoms with Crippen molar-refractivity contribution in [3.8, 4) is 33.0 Å². The number of anilines is 3. The quantitative estimate of drug-likeness (QED) is 0.0337. The van der Waals surface area contributed by atoms with E-state index in [1.807, 2.05) is 59.9 Å². The summed E-state index contributed by atoms with van der Waals surface area (Å²) in [5, 5.41) is 36.7. The number of carbonyl (C=O) groups is 2. The normalized spacial score (nSPS) is 11.9. The summed E-state index contributed by atoms with van der Waals surface area (Å²) in [6, 6.07) is 57.6. The SMILES string of the molecule is CCCCCCc1ccc(/C=C/c2ccc(N(c3ccc(/C=C/c4ccc(-c5ccc(/C=C(/C#N)C(=O)O)s5)cc4)cc3)c3ccc(/C=C/c4ccc(-c5ccc(/C=C(\C#N)C(=O)O)s5)cc4)cc3)cc2)s1. The lowest BCUT2D eigenvalue weighted by Gasteiger charge is -2.26. The highest BCUT2D eigenvalue weighted by molar-refractivity contribution is 7.16. The molecular weight excluding hydrogens is 947 g/mol. The van der Waals surface area contributed by atoms with Crippen molar-refractivity contribution in [3.05, 3.63) is 216 Å². The van der Waals surface area contributed by atoms with Gasteiger partial charge in [-0.2, -0.15) is 10.5 Å². The van der Waals surface area contributed by atoms with Crippen molar-refractivity contribution < 1.29 is 19.8 Å². The van der Waals surface area contributed by atoms with Crippen molar-refractivity contribution in [1.82, 2.24) is 0 Å². The van der Waals surface area contributed by atoms with E-state index in [1.54, 1.807) is 12.1 Å². The van der Waals surface area contributed by atoms with Crippen LogP contribution < -0.4 is 4.90 Å². The zero-order chi connectivity index (χ0) is 50.2. The molecule has 0 aliphatic rings. The third kappa shape index (κ3) is 13.5. The number of hydrogen-bond acceptors (Lipinski definition) is 8. The molecule has 0 atom stereocenters. The van der Waals surface area contributed by atoms with E-state index in [0.717, 1.165) is 72.2 Å². The number of benzene rings is 5. The van der Waals surface area contributed by atoms with Crippen LogP contribution in [0.15, 0.2) is 169 Å². The van der Waals surface area contributed by atoms with Gasteiger partial charge in [0.1, 0.15) is 23.3 Å². The first-order chi connectivity index (χ1) is 35.1. The van der Waals surface area contributed by atoms with Gasteiger partial charge in [0.25, 0.3) is 0 Å². The Bertz CT molecular complexity index is 3210. The molecule has 3 aromatic heterocycles. The summed E-state index contributed by atoms with van der Waals surface area (Å²) in [5.41, 5.74) is 9.82. The van der Waals surface area contributed by atoms with E-state index < -0.39 is 11.9 Å². The largest absolute Gasteiger partial charge is 0.477 e. The van der Waals surface area contributed by atoms with Gasteiger partial charge >= 0.3 is 11.9 Å². The number of unbranched alkanes of at least 4 members (excludes halogenated alkanes) is 3. The molecule has 0 aliphatic heterocycles. The summed E-state index contributed by atoms with van der Waals surface area (Å²) in [6.07, 6.45) is 21.8. The van der Waals surface area contributed by atoms with Crippen molar-refractivity contribution >= 4 is 112 Å². The lowest BCUT2D eigenvalue weighted by atomic mass is 10.1. The molecule has 0 saturated carbocycles. The van der Waals surface area contributed by atoms with Gasteiger partial charge in [-0.05, 0) is 143 Å². The highest BCUT2D eigenvalue weighted by Gasteiger charge is 2.14. The van der Waals surface area contributed by atoms with Crippen molar-refractivity contribution in [1.29, 1.82) is 10.5 Å². The van der Waals surface area contributed by atoms with E-state index in [4.69, 9.17) is 10.5 Å². The molecule has 5 aromatic carbocycles. The van der Waals surface area contributed by atoms with Crippen LogP contribution in [0, 0.1) is 22.7 Å². The summed E-state index contributed by atoms with van der Waals surface area (Å²) >= 11 is 4.75. The summed E-state index contributed by atoms with van der Waals surface area (Å²) < 4.78 is 0. The number of carboxylic acid groups (broad SMARTS) is 2. The minimum Gasteiger partial charge on any atom is -0.477 e. The molecule has 2 N–H and O–H groups in total. The molecule has 0 spiro atoms. The monoisotopic (exact) mass is 995 g/mol. The number of aliphatic carboxylic acids is 2. The Morgan fingerprint density at radius 2 is 0.833 bits per heavy atom. The Morgan fingerprint density at radius 3 is 1.21 bits per heavy atom. The molecule has 0 radical (unpaired) electrons. The fraction of sp³-hybridized carbons (Fsp3) is 0.0968. The van der Waals surface area contributed by atoms with Crippen molar-refractivity contribution in [2.45, 2.75) is 39.0 Å². The van der Waals surface area contributed by atoms with Crippen LogP contribution in [0.5, 0.6) is 0 Å². The van der Waals surface area contributed by atoms with Crippen LogP contribution in [0.4, 0.5) is 17.1 Å². The molecule has 0 unspecified atom stereocenters. The lowest BCUT2D eigenvalue weighted by molar-refractivity contribution is -0.133. The second-order valence-electron chi connectivity index (χ2n) is 16.8. The maximum Gasteiger partial charge on any atom is 0.346 e. The molecule has 72 heavy (non-hydrogen) atoms. The molecule has 0 bridgehead atoms. The molecular formula is C62H49N3O4S3. The second-order valence-corrected chi connectivity index (χ2v) is 20.3. The first kappa shape index (κ1) is 50.0. The standard InChI is InChI=1S/C62H49N3O4S3/c1-2-3-4-5-6-55-33-34-56(70-55)32-21-47-19-30-54(31-20-47)65(52-26-15-45(16-27-52)9-7-43-11-22-48(23-12-43)59-37-35-57(71-59)39-50(41-63)61(66)67)53-28-17-46(18-29-53)10-8-44-13-24-49(25-14-44)60-38-36-58(72-60)40-51(42-64)62(68)69/h7-40H,2-6H2,1H3,(H,66,67)(H,68,69)/b9-7+,10-8+,32-21+,50-39-,51-40+. The number of carboxylic acids is 2. The minimum absolute atomic E-state index is 0.293. The average molecular weight is 996 g/mol. The zero-order valence-corrected chi connectivity index (χ0v) is 41.9. The van der Waals surface area contributed by atoms with Gasteiger partial charge in [-0.15, -0.1) is 34.0 Å². The molecule has 354 valence electrons. The zero-order valence-electron chi connectivity index (χ0n) is 39.4. The third-order valence-corrected chi connectivity index (χ3v) is 15.0. The second kappa shape index (κ2) is 24.4. The number of rotatable bonds is 20. The van der Waals surface area contributed by atoms with Crippen LogP contribution in [-0.4, -0.2) is 22.2 Å². The van der Waals surface area contributed by atoms with Crippen molar-refractivity contribution in [3.63, 3.8) is 0 Å². The lowest BCUT2D eigenvalue weighted by Crippen LogP contribution is -2.09. The predicted molar refractivity (Wildman–Crippen MR) is 302 cm³/mol. The van der Waals surface area contributed by atoms with Crippen LogP contribution in [0.25, 0.3) is 69.5 Å². The number of thiophene rings is 3. The maximum atomic E-state index is 11.3. The van der Waals surface area contributed by atoms with E-state index in [9.17, 15) is 19.8 Å². The van der Waals surface area contributed by atoms with E-state index in [2.05, 4.69) is 157 Å². The third-order valence-electron chi connectivity index (χ3n) is 11.7. The van der Waals surface area contributed by atoms with Crippen LogP contribution in [0.1, 0.15) is 79.9 Å². The van der Waals surface area contributed by atoms with Gasteiger partial charge < -0.3 is 15.1 Å². The molecule has 0 aliphatic carbocycles. The highest BCUT2D eigenvalue weighted by Crippen LogP contribution is 2.36. The molecule has 3 heterocycles. The molecule has 0 saturated heterocycles. The van der Waals surface area contributed by atoms with Crippen LogP contribution in [-0.2, 0) is 16.0 Å². The van der Waals surface area contributed by atoms with Gasteiger partial charge in [-0.25, -0.2) is 9.59 Å². The smallest absolute Gasteiger partial charge is 0.346 e.